The molecular weight excluding hydrogens is 366 g/mol. The molecule has 1 saturated heterocycles. The van der Waals surface area contributed by atoms with Gasteiger partial charge in [-0.1, -0.05) is 27.5 Å². The first-order valence-corrected chi connectivity index (χ1v) is 8.61. The highest BCUT2D eigenvalue weighted by atomic mass is 79.9. The molecular formula is C16H19BrClN3O. The first kappa shape index (κ1) is 16.0. The van der Waals surface area contributed by atoms with Gasteiger partial charge in [0.25, 0.3) is 0 Å². The second-order valence-corrected chi connectivity index (χ2v) is 7.01. The Morgan fingerprint density at radius 2 is 2.00 bits per heavy atom. The van der Waals surface area contributed by atoms with Gasteiger partial charge in [-0.15, -0.1) is 0 Å². The van der Waals surface area contributed by atoms with Crippen molar-refractivity contribution in [2.24, 2.45) is 0 Å². The predicted molar refractivity (Wildman–Crippen MR) is 94.8 cm³/mol. The zero-order valence-electron chi connectivity index (χ0n) is 12.5. The number of halogens is 2. The summed E-state index contributed by atoms with van der Waals surface area (Å²) in [5.74, 6) is 0.966. The number of fused-ring (bicyclic) bond motifs is 1. The highest BCUT2D eigenvalue weighted by Gasteiger charge is 2.21. The minimum absolute atomic E-state index is 0.207. The van der Waals surface area contributed by atoms with Crippen LogP contribution in [0.15, 0.2) is 28.7 Å². The molecule has 1 fully saturated rings. The Kier molecular flexibility index (Phi) is 4.88. The van der Waals surface area contributed by atoms with Crippen LogP contribution in [0, 0.1) is 0 Å². The van der Waals surface area contributed by atoms with Crippen molar-refractivity contribution in [2.75, 3.05) is 37.7 Å². The summed E-state index contributed by atoms with van der Waals surface area (Å²) in [6, 6.07) is 8.24. The van der Waals surface area contributed by atoms with E-state index >= 15 is 0 Å². The molecule has 2 heterocycles. The monoisotopic (exact) mass is 383 g/mol. The van der Waals surface area contributed by atoms with Crippen molar-refractivity contribution < 1.29 is 5.11 Å². The zero-order valence-corrected chi connectivity index (χ0v) is 14.8. The highest BCUT2D eigenvalue weighted by molar-refractivity contribution is 9.10. The van der Waals surface area contributed by atoms with Crippen LogP contribution in [0.4, 0.5) is 5.82 Å². The van der Waals surface area contributed by atoms with Gasteiger partial charge in [0.2, 0.25) is 0 Å². The number of anilines is 1. The Hall–Kier alpha value is -0.880. The van der Waals surface area contributed by atoms with E-state index in [1.807, 2.05) is 12.1 Å². The molecule has 0 amide bonds. The number of nitrogens with zero attached hydrogens (tertiary/aromatic N) is 3. The molecule has 2 aromatic rings. The van der Waals surface area contributed by atoms with E-state index in [1.165, 1.54) is 0 Å². The highest BCUT2D eigenvalue weighted by Crippen LogP contribution is 2.29. The summed E-state index contributed by atoms with van der Waals surface area (Å²) in [6.45, 7) is 5.97. The van der Waals surface area contributed by atoms with Crippen molar-refractivity contribution >= 4 is 44.3 Å². The van der Waals surface area contributed by atoms with Gasteiger partial charge >= 0.3 is 0 Å². The van der Waals surface area contributed by atoms with E-state index in [2.05, 4.69) is 44.8 Å². The standard InChI is InChI=1S/C16H19BrClN3O/c1-11(10-22)20-4-6-21(7-5-20)15-3-2-12-8-13(17)9-14(18)16(12)19-15/h2-3,8-9,11,22H,4-7,10H2,1H3. The molecule has 0 bridgehead atoms. The smallest absolute Gasteiger partial charge is 0.129 e. The maximum atomic E-state index is 9.26. The Labute approximate surface area is 143 Å². The lowest BCUT2D eigenvalue weighted by Crippen LogP contribution is -2.50. The second kappa shape index (κ2) is 6.71. The Morgan fingerprint density at radius 3 is 2.68 bits per heavy atom. The summed E-state index contributed by atoms with van der Waals surface area (Å²) >= 11 is 9.77. The topological polar surface area (TPSA) is 39.6 Å². The normalized spacial score (nSPS) is 17.9. The number of benzene rings is 1. The molecule has 118 valence electrons. The fourth-order valence-electron chi connectivity index (χ4n) is 2.83. The van der Waals surface area contributed by atoms with Crippen LogP contribution in [0.2, 0.25) is 5.02 Å². The molecule has 22 heavy (non-hydrogen) atoms. The number of piperazine rings is 1. The third kappa shape index (κ3) is 3.23. The summed E-state index contributed by atoms with van der Waals surface area (Å²) in [4.78, 5) is 9.32. The number of hydrogen-bond donors (Lipinski definition) is 1. The SMILES string of the molecule is CC(CO)N1CCN(c2ccc3cc(Br)cc(Cl)c3n2)CC1. The van der Waals surface area contributed by atoms with Crippen molar-refractivity contribution in [3.8, 4) is 0 Å². The first-order valence-electron chi connectivity index (χ1n) is 7.44. The summed E-state index contributed by atoms with van der Waals surface area (Å²) in [7, 11) is 0. The molecule has 1 aromatic heterocycles. The molecule has 1 unspecified atom stereocenters. The van der Waals surface area contributed by atoms with Crippen molar-refractivity contribution in [1.29, 1.82) is 0 Å². The second-order valence-electron chi connectivity index (χ2n) is 5.68. The van der Waals surface area contributed by atoms with Gasteiger partial charge in [-0.3, -0.25) is 4.90 Å². The summed E-state index contributed by atoms with van der Waals surface area (Å²) < 4.78 is 0.964. The molecule has 6 heteroatoms. The molecule has 0 aliphatic carbocycles. The van der Waals surface area contributed by atoms with Gasteiger partial charge < -0.3 is 10.0 Å². The van der Waals surface area contributed by atoms with E-state index in [1.54, 1.807) is 0 Å². The third-order valence-electron chi connectivity index (χ3n) is 4.22. The lowest BCUT2D eigenvalue weighted by Gasteiger charge is -2.38. The average molecular weight is 385 g/mol. The Balaban J connectivity index is 1.80. The summed E-state index contributed by atoms with van der Waals surface area (Å²) in [5.41, 5.74) is 0.841. The van der Waals surface area contributed by atoms with Crippen LogP contribution in [-0.4, -0.2) is 53.8 Å². The number of pyridine rings is 1. The minimum Gasteiger partial charge on any atom is -0.395 e. The lowest BCUT2D eigenvalue weighted by atomic mass is 10.2. The molecule has 4 nitrogen and oxygen atoms in total. The third-order valence-corrected chi connectivity index (χ3v) is 4.97. The number of hydrogen-bond acceptors (Lipinski definition) is 4. The maximum absolute atomic E-state index is 9.26. The molecule has 0 radical (unpaired) electrons. The molecule has 3 rings (SSSR count). The van der Waals surface area contributed by atoms with E-state index in [0.717, 1.165) is 47.4 Å². The number of rotatable bonds is 3. The molecule has 1 aliphatic rings. The van der Waals surface area contributed by atoms with Crippen LogP contribution < -0.4 is 4.90 Å². The van der Waals surface area contributed by atoms with Crippen LogP contribution in [0.3, 0.4) is 0 Å². The molecule has 1 N–H and O–H groups in total. The molecule has 1 atom stereocenters. The number of aliphatic hydroxyl groups excluding tert-OH is 1. The largest absolute Gasteiger partial charge is 0.395 e. The predicted octanol–water partition coefficient (Wildman–Crippen LogP) is 3.15. The number of aliphatic hydroxyl groups is 1. The van der Waals surface area contributed by atoms with E-state index in [4.69, 9.17) is 16.6 Å². The zero-order chi connectivity index (χ0) is 15.7. The van der Waals surface area contributed by atoms with E-state index in [0.29, 0.717) is 5.02 Å². The number of aromatic nitrogens is 1. The van der Waals surface area contributed by atoms with Gasteiger partial charge in [-0.05, 0) is 31.2 Å². The average Bonchev–Trinajstić information content (AvgIpc) is 2.54. The van der Waals surface area contributed by atoms with Crippen molar-refractivity contribution in [3.63, 3.8) is 0 Å². The van der Waals surface area contributed by atoms with Crippen molar-refractivity contribution in [1.82, 2.24) is 9.88 Å². The van der Waals surface area contributed by atoms with Crippen LogP contribution in [0.25, 0.3) is 10.9 Å². The van der Waals surface area contributed by atoms with Gasteiger partial charge in [0.15, 0.2) is 0 Å². The van der Waals surface area contributed by atoms with E-state index < -0.39 is 0 Å². The van der Waals surface area contributed by atoms with E-state index in [9.17, 15) is 5.11 Å². The minimum atomic E-state index is 0.207. The van der Waals surface area contributed by atoms with E-state index in [-0.39, 0.29) is 12.6 Å². The van der Waals surface area contributed by atoms with Crippen molar-refractivity contribution in [3.05, 3.63) is 33.8 Å². The summed E-state index contributed by atoms with van der Waals surface area (Å²) in [6.07, 6.45) is 0. The Bertz CT molecular complexity index is 674. The van der Waals surface area contributed by atoms with Crippen LogP contribution in [0.5, 0.6) is 0 Å². The van der Waals surface area contributed by atoms with Gasteiger partial charge in [0.1, 0.15) is 5.82 Å². The Morgan fingerprint density at radius 1 is 1.27 bits per heavy atom. The molecule has 0 saturated carbocycles. The maximum Gasteiger partial charge on any atom is 0.129 e. The molecule has 1 aromatic carbocycles. The van der Waals surface area contributed by atoms with Gasteiger partial charge in [0.05, 0.1) is 17.1 Å². The van der Waals surface area contributed by atoms with Crippen LogP contribution in [-0.2, 0) is 0 Å². The molecule has 1 aliphatic heterocycles. The van der Waals surface area contributed by atoms with Crippen molar-refractivity contribution in [2.45, 2.75) is 13.0 Å². The van der Waals surface area contributed by atoms with Crippen LogP contribution in [0.1, 0.15) is 6.92 Å². The quantitative estimate of drug-likeness (QED) is 0.882. The fourth-order valence-corrected chi connectivity index (χ4v) is 3.71. The molecule has 0 spiro atoms. The summed E-state index contributed by atoms with van der Waals surface area (Å²) in [5, 5.41) is 11.0. The van der Waals surface area contributed by atoms with Crippen LogP contribution >= 0.6 is 27.5 Å². The van der Waals surface area contributed by atoms with Gasteiger partial charge in [0, 0.05) is 42.1 Å². The lowest BCUT2D eigenvalue weighted by molar-refractivity contribution is 0.128. The fraction of sp³-hybridized carbons (Fsp3) is 0.438. The van der Waals surface area contributed by atoms with Gasteiger partial charge in [-0.25, -0.2) is 4.98 Å². The first-order chi connectivity index (χ1) is 10.6. The van der Waals surface area contributed by atoms with Gasteiger partial charge in [-0.2, -0.15) is 0 Å².